The molecule has 9 heteroatoms. The van der Waals surface area contributed by atoms with Gasteiger partial charge in [0.25, 0.3) is 0 Å². The summed E-state index contributed by atoms with van der Waals surface area (Å²) >= 11 is 0. The van der Waals surface area contributed by atoms with Gasteiger partial charge in [-0.3, -0.25) is 9.59 Å². The molecule has 1 fully saturated rings. The minimum Gasteiger partial charge on any atom is -0.350 e. The van der Waals surface area contributed by atoms with E-state index in [0.29, 0.717) is 24.4 Å². The number of amides is 2. The van der Waals surface area contributed by atoms with E-state index < -0.39 is 27.4 Å². The summed E-state index contributed by atoms with van der Waals surface area (Å²) in [6.45, 7) is 5.62. The Hall–Kier alpha value is -2.78. The number of carbonyl (C=O) groups excluding carboxylic acids is 2. The second kappa shape index (κ2) is 10.0. The second-order valence-corrected chi connectivity index (χ2v) is 10.8. The quantitative estimate of drug-likeness (QED) is 0.636. The van der Waals surface area contributed by atoms with Crippen molar-refractivity contribution in [3.05, 3.63) is 66.0 Å². The lowest BCUT2D eigenvalue weighted by atomic mass is 9.94. The largest absolute Gasteiger partial charge is 0.350 e. The zero-order valence-electron chi connectivity index (χ0n) is 19.1. The van der Waals surface area contributed by atoms with Crippen LogP contribution in [0.2, 0.25) is 0 Å². The topological polar surface area (TPSA) is 86.8 Å². The van der Waals surface area contributed by atoms with Crippen LogP contribution in [0.25, 0.3) is 0 Å². The Morgan fingerprint density at radius 2 is 1.76 bits per heavy atom. The number of nitrogens with one attached hydrogen (secondary N) is 1. The number of rotatable bonds is 8. The van der Waals surface area contributed by atoms with Crippen LogP contribution in [0.1, 0.15) is 32.8 Å². The molecule has 2 aromatic carbocycles. The van der Waals surface area contributed by atoms with Gasteiger partial charge in [-0.05, 0) is 49.1 Å². The summed E-state index contributed by atoms with van der Waals surface area (Å²) in [5, 5.41) is 2.80. The monoisotopic (exact) mass is 475 g/mol. The summed E-state index contributed by atoms with van der Waals surface area (Å²) in [6.07, 6.45) is 0.679. The number of halogens is 1. The third-order valence-corrected chi connectivity index (χ3v) is 7.67. The maximum Gasteiger partial charge on any atom is 0.247 e. The van der Waals surface area contributed by atoms with Crippen LogP contribution in [-0.4, -0.2) is 54.6 Å². The molecule has 1 heterocycles. The second-order valence-electron chi connectivity index (χ2n) is 8.90. The van der Waals surface area contributed by atoms with Gasteiger partial charge in [0, 0.05) is 19.6 Å². The summed E-state index contributed by atoms with van der Waals surface area (Å²) in [5.74, 6) is -0.954. The van der Waals surface area contributed by atoms with Crippen LogP contribution in [0.4, 0.5) is 4.39 Å². The van der Waals surface area contributed by atoms with Gasteiger partial charge in [0.15, 0.2) is 0 Å². The van der Waals surface area contributed by atoms with Gasteiger partial charge in [0.2, 0.25) is 21.8 Å². The number of sulfonamides is 1. The van der Waals surface area contributed by atoms with Crippen molar-refractivity contribution in [2.45, 2.75) is 44.2 Å². The molecule has 1 aliphatic heterocycles. The fourth-order valence-corrected chi connectivity index (χ4v) is 5.34. The summed E-state index contributed by atoms with van der Waals surface area (Å²) in [4.78, 5) is 28.1. The summed E-state index contributed by atoms with van der Waals surface area (Å²) in [6, 6.07) is 13.6. The van der Waals surface area contributed by atoms with E-state index in [1.165, 1.54) is 29.2 Å². The Morgan fingerprint density at radius 1 is 1.12 bits per heavy atom. The van der Waals surface area contributed by atoms with Crippen LogP contribution >= 0.6 is 0 Å². The number of hydrogen-bond acceptors (Lipinski definition) is 4. The van der Waals surface area contributed by atoms with Crippen molar-refractivity contribution in [3.8, 4) is 0 Å². The first-order valence-corrected chi connectivity index (χ1v) is 12.4. The van der Waals surface area contributed by atoms with Crippen LogP contribution in [0, 0.1) is 11.7 Å². The summed E-state index contributed by atoms with van der Waals surface area (Å²) in [5.41, 5.74) is -0.704. The van der Waals surface area contributed by atoms with E-state index in [0.717, 1.165) is 4.31 Å². The van der Waals surface area contributed by atoms with E-state index in [1.807, 2.05) is 13.8 Å². The molecule has 3 rings (SSSR count). The number of piperazine rings is 1. The Morgan fingerprint density at radius 3 is 2.36 bits per heavy atom. The molecule has 0 saturated carbocycles. The van der Waals surface area contributed by atoms with E-state index in [9.17, 15) is 22.4 Å². The fraction of sp³-hybridized carbons (Fsp3) is 0.417. The van der Waals surface area contributed by atoms with Crippen LogP contribution in [0.5, 0.6) is 0 Å². The van der Waals surface area contributed by atoms with Crippen molar-refractivity contribution in [3.63, 3.8) is 0 Å². The molecule has 7 nitrogen and oxygen atoms in total. The van der Waals surface area contributed by atoms with Crippen molar-refractivity contribution in [1.29, 1.82) is 0 Å². The third kappa shape index (κ3) is 5.59. The number of carbonyl (C=O) groups is 2. The maximum absolute atomic E-state index is 13.4. The highest BCUT2D eigenvalue weighted by molar-refractivity contribution is 7.89. The molecule has 0 aliphatic carbocycles. The van der Waals surface area contributed by atoms with Gasteiger partial charge in [-0.1, -0.05) is 44.2 Å². The first-order chi connectivity index (χ1) is 15.5. The lowest BCUT2D eigenvalue weighted by molar-refractivity contribution is -0.153. The molecular weight excluding hydrogens is 445 g/mol. The smallest absolute Gasteiger partial charge is 0.247 e. The normalized spacial score (nSPS) is 19.7. The molecule has 2 amide bonds. The van der Waals surface area contributed by atoms with Crippen LogP contribution in [-0.2, 0) is 26.2 Å². The van der Waals surface area contributed by atoms with E-state index >= 15 is 0 Å². The minimum absolute atomic E-state index is 0.0718. The predicted octanol–water partition coefficient (Wildman–Crippen LogP) is 2.78. The molecule has 0 unspecified atom stereocenters. The van der Waals surface area contributed by atoms with Gasteiger partial charge in [0.1, 0.15) is 11.4 Å². The highest BCUT2D eigenvalue weighted by Gasteiger charge is 2.50. The molecule has 0 radical (unpaired) electrons. The zero-order valence-corrected chi connectivity index (χ0v) is 19.9. The standard InChI is InChI=1S/C24H30FN3O4S/c1-18(2)13-14-28-22(29)16-27(33(31,32)21-7-5-4-6-8-21)17-24(28,3)23(30)26-15-19-9-11-20(25)12-10-19/h4-12,18H,13-17H2,1-3H3,(H,26,30)/t24-/m0/s1. The minimum atomic E-state index is -3.96. The van der Waals surface area contributed by atoms with Crippen molar-refractivity contribution in [1.82, 2.24) is 14.5 Å². The molecular formula is C24H30FN3O4S. The highest BCUT2D eigenvalue weighted by Crippen LogP contribution is 2.28. The average Bonchev–Trinajstić information content (AvgIpc) is 2.78. The van der Waals surface area contributed by atoms with Gasteiger partial charge in [-0.15, -0.1) is 0 Å². The molecule has 2 aromatic rings. The van der Waals surface area contributed by atoms with Gasteiger partial charge >= 0.3 is 0 Å². The van der Waals surface area contributed by atoms with Crippen molar-refractivity contribution < 1.29 is 22.4 Å². The van der Waals surface area contributed by atoms with E-state index in [-0.39, 0.29) is 30.3 Å². The molecule has 1 atom stereocenters. The molecule has 33 heavy (non-hydrogen) atoms. The Labute approximate surface area is 194 Å². The van der Waals surface area contributed by atoms with E-state index in [4.69, 9.17) is 0 Å². The lowest BCUT2D eigenvalue weighted by Gasteiger charge is -2.47. The van der Waals surface area contributed by atoms with Crippen molar-refractivity contribution in [2.24, 2.45) is 5.92 Å². The van der Waals surface area contributed by atoms with Crippen LogP contribution in [0.3, 0.4) is 0 Å². The molecule has 178 valence electrons. The number of hydrogen-bond donors (Lipinski definition) is 1. The highest BCUT2D eigenvalue weighted by atomic mass is 32.2. The number of nitrogens with zero attached hydrogens (tertiary/aromatic N) is 2. The predicted molar refractivity (Wildman–Crippen MR) is 123 cm³/mol. The van der Waals surface area contributed by atoms with E-state index in [1.54, 1.807) is 37.3 Å². The average molecular weight is 476 g/mol. The van der Waals surface area contributed by atoms with Gasteiger partial charge in [-0.2, -0.15) is 4.31 Å². The molecule has 0 bridgehead atoms. The Bertz CT molecular complexity index is 1090. The van der Waals surface area contributed by atoms with Gasteiger partial charge in [-0.25, -0.2) is 12.8 Å². The zero-order chi connectivity index (χ0) is 24.2. The first-order valence-electron chi connectivity index (χ1n) is 10.9. The third-order valence-electron chi connectivity index (χ3n) is 5.86. The molecule has 0 spiro atoms. The van der Waals surface area contributed by atoms with Crippen molar-refractivity contribution >= 4 is 21.8 Å². The number of benzene rings is 2. The lowest BCUT2D eigenvalue weighted by Crippen LogP contribution is -2.69. The van der Waals surface area contributed by atoms with Crippen molar-refractivity contribution in [2.75, 3.05) is 19.6 Å². The molecule has 1 aliphatic rings. The molecule has 1 N–H and O–H groups in total. The Balaban J connectivity index is 1.88. The molecule has 1 saturated heterocycles. The molecule has 0 aromatic heterocycles. The Kier molecular flexibility index (Phi) is 7.54. The summed E-state index contributed by atoms with van der Waals surface area (Å²) < 4.78 is 40.7. The maximum atomic E-state index is 13.4. The first kappa shape index (κ1) is 24.9. The summed E-state index contributed by atoms with van der Waals surface area (Å²) in [7, 11) is -3.96. The van der Waals surface area contributed by atoms with Gasteiger partial charge < -0.3 is 10.2 Å². The SMILES string of the molecule is CC(C)CCN1C(=O)CN(S(=O)(=O)c2ccccc2)C[C@@]1(C)C(=O)NCc1ccc(F)cc1. The van der Waals surface area contributed by atoms with Crippen LogP contribution in [0.15, 0.2) is 59.5 Å². The van der Waals surface area contributed by atoms with Gasteiger partial charge in [0.05, 0.1) is 11.4 Å². The fourth-order valence-electron chi connectivity index (χ4n) is 3.84. The van der Waals surface area contributed by atoms with Crippen LogP contribution < -0.4 is 5.32 Å². The van der Waals surface area contributed by atoms with E-state index in [2.05, 4.69) is 5.32 Å².